The fourth-order valence-corrected chi connectivity index (χ4v) is 1.92. The molecule has 0 spiro atoms. The van der Waals surface area contributed by atoms with Crippen molar-refractivity contribution in [2.75, 3.05) is 0 Å². The fourth-order valence-electron chi connectivity index (χ4n) is 1.92. The molecule has 1 saturated heterocycles. The van der Waals surface area contributed by atoms with Crippen LogP contribution >= 0.6 is 0 Å². The first kappa shape index (κ1) is 11.7. The lowest BCUT2D eigenvalue weighted by molar-refractivity contribution is 0.00578. The largest absolute Gasteiger partial charge is 0.516 e. The third-order valence-corrected chi connectivity index (χ3v) is 3.77. The molecule has 0 aliphatic carbocycles. The average Bonchev–Trinajstić information content (AvgIpc) is 2.80. The van der Waals surface area contributed by atoms with Crippen molar-refractivity contribution in [1.82, 2.24) is 15.0 Å². The third kappa shape index (κ3) is 1.64. The molecule has 1 aliphatic heterocycles. The summed E-state index contributed by atoms with van der Waals surface area (Å²) in [6.45, 7) is 8.09. The number of hydrogen-bond acceptors (Lipinski definition) is 4. The molecule has 1 aliphatic rings. The Hall–Kier alpha value is -1.40. The van der Waals surface area contributed by atoms with Crippen molar-refractivity contribution < 1.29 is 9.31 Å². The molecule has 2 aromatic heterocycles. The zero-order valence-corrected chi connectivity index (χ0v) is 11.0. The summed E-state index contributed by atoms with van der Waals surface area (Å²) in [5.74, 6) is 0. The summed E-state index contributed by atoms with van der Waals surface area (Å²) in [6.07, 6.45) is 3.51. The van der Waals surface area contributed by atoms with E-state index in [-0.39, 0.29) is 11.2 Å². The van der Waals surface area contributed by atoms with Crippen LogP contribution < -0.4 is 5.59 Å². The minimum atomic E-state index is -0.457. The number of H-pyrrole nitrogens is 1. The predicted molar refractivity (Wildman–Crippen MR) is 69.6 cm³/mol. The van der Waals surface area contributed by atoms with E-state index in [0.29, 0.717) is 5.59 Å². The van der Waals surface area contributed by atoms with Gasteiger partial charge in [-0.05, 0) is 33.8 Å². The van der Waals surface area contributed by atoms with Gasteiger partial charge in [0, 0.05) is 12.4 Å². The summed E-state index contributed by atoms with van der Waals surface area (Å²) in [5.41, 5.74) is 1.59. The molecule has 6 heteroatoms. The van der Waals surface area contributed by atoms with E-state index >= 15 is 0 Å². The zero-order chi connectivity index (χ0) is 13.0. The first-order chi connectivity index (χ1) is 8.39. The minimum Gasteiger partial charge on any atom is -0.398 e. The quantitative estimate of drug-likeness (QED) is 0.768. The van der Waals surface area contributed by atoms with Crippen LogP contribution in [-0.4, -0.2) is 33.3 Å². The van der Waals surface area contributed by atoms with E-state index in [0.717, 1.165) is 11.2 Å². The Morgan fingerprint density at radius 2 is 1.83 bits per heavy atom. The lowest BCUT2D eigenvalue weighted by Gasteiger charge is -2.32. The second kappa shape index (κ2) is 3.55. The molecule has 0 aromatic carbocycles. The number of hydrogen-bond donors (Lipinski definition) is 1. The van der Waals surface area contributed by atoms with Crippen molar-refractivity contribution in [3.05, 3.63) is 18.5 Å². The second-order valence-electron chi connectivity index (χ2n) is 5.59. The van der Waals surface area contributed by atoms with E-state index in [2.05, 4.69) is 15.0 Å². The van der Waals surface area contributed by atoms with Crippen LogP contribution in [0.25, 0.3) is 11.2 Å². The van der Waals surface area contributed by atoms with E-state index in [1.807, 2.05) is 40.0 Å². The number of aromatic amines is 1. The molecule has 0 amide bonds. The predicted octanol–water partition coefficient (Wildman–Crippen LogP) is 1.26. The topological polar surface area (TPSA) is 60.0 Å². The molecule has 2 aromatic rings. The molecule has 18 heavy (non-hydrogen) atoms. The first-order valence-electron chi connectivity index (χ1n) is 6.05. The Labute approximate surface area is 106 Å². The summed E-state index contributed by atoms with van der Waals surface area (Å²) >= 11 is 0. The normalized spacial score (nSPS) is 21.7. The molecule has 3 heterocycles. The average molecular weight is 245 g/mol. The van der Waals surface area contributed by atoms with Crippen molar-refractivity contribution in [3.63, 3.8) is 0 Å². The SMILES string of the molecule is CC1(C)OB(c2cnc3[nH]ccc3n2)OC1(C)C. The van der Waals surface area contributed by atoms with Gasteiger partial charge < -0.3 is 14.3 Å². The van der Waals surface area contributed by atoms with Crippen LogP contribution in [0, 0.1) is 0 Å². The molecular weight excluding hydrogens is 229 g/mol. The molecule has 0 bridgehead atoms. The first-order valence-corrected chi connectivity index (χ1v) is 6.05. The van der Waals surface area contributed by atoms with Crippen LogP contribution in [0.4, 0.5) is 0 Å². The molecule has 5 nitrogen and oxygen atoms in total. The van der Waals surface area contributed by atoms with Crippen LogP contribution in [0.15, 0.2) is 18.5 Å². The van der Waals surface area contributed by atoms with Gasteiger partial charge >= 0.3 is 7.12 Å². The molecular formula is C12H16BN3O2. The maximum absolute atomic E-state index is 5.94. The fraction of sp³-hybridized carbons (Fsp3) is 0.500. The Kier molecular flexibility index (Phi) is 2.31. The van der Waals surface area contributed by atoms with Gasteiger partial charge in [-0.25, -0.2) is 4.98 Å². The summed E-state index contributed by atoms with van der Waals surface area (Å²) in [7, 11) is -0.457. The van der Waals surface area contributed by atoms with Crippen molar-refractivity contribution in [2.45, 2.75) is 38.9 Å². The Morgan fingerprint density at radius 1 is 1.17 bits per heavy atom. The maximum Gasteiger partial charge on any atom is 0.516 e. The van der Waals surface area contributed by atoms with E-state index < -0.39 is 7.12 Å². The van der Waals surface area contributed by atoms with E-state index in [9.17, 15) is 0 Å². The second-order valence-corrected chi connectivity index (χ2v) is 5.59. The minimum absolute atomic E-state index is 0.355. The van der Waals surface area contributed by atoms with Crippen molar-refractivity contribution in [2.24, 2.45) is 0 Å². The van der Waals surface area contributed by atoms with Gasteiger partial charge in [0.25, 0.3) is 0 Å². The van der Waals surface area contributed by atoms with E-state index in [1.165, 1.54) is 0 Å². The number of nitrogens with one attached hydrogen (secondary N) is 1. The highest BCUT2D eigenvalue weighted by molar-refractivity contribution is 6.61. The molecule has 0 atom stereocenters. The lowest BCUT2D eigenvalue weighted by atomic mass is 9.85. The summed E-state index contributed by atoms with van der Waals surface area (Å²) in [5, 5.41) is 0. The monoisotopic (exact) mass is 245 g/mol. The summed E-state index contributed by atoms with van der Waals surface area (Å²) in [6, 6.07) is 1.89. The van der Waals surface area contributed by atoms with E-state index in [1.54, 1.807) is 6.20 Å². The van der Waals surface area contributed by atoms with Gasteiger partial charge in [0.05, 0.1) is 16.8 Å². The number of nitrogens with zero attached hydrogens (tertiary/aromatic N) is 2. The van der Waals surface area contributed by atoms with Gasteiger partial charge in [0.1, 0.15) is 5.52 Å². The van der Waals surface area contributed by atoms with Crippen LogP contribution in [0.5, 0.6) is 0 Å². The van der Waals surface area contributed by atoms with E-state index in [4.69, 9.17) is 9.31 Å². The highest BCUT2D eigenvalue weighted by Gasteiger charge is 2.52. The van der Waals surface area contributed by atoms with Crippen LogP contribution in [0.3, 0.4) is 0 Å². The highest BCUT2D eigenvalue weighted by Crippen LogP contribution is 2.36. The highest BCUT2D eigenvalue weighted by atomic mass is 16.7. The summed E-state index contributed by atoms with van der Waals surface area (Å²) < 4.78 is 11.9. The number of aromatic nitrogens is 3. The van der Waals surface area contributed by atoms with Crippen LogP contribution in [-0.2, 0) is 9.31 Å². The molecule has 94 valence electrons. The zero-order valence-electron chi connectivity index (χ0n) is 11.0. The molecule has 0 saturated carbocycles. The molecule has 3 rings (SSSR count). The molecule has 0 radical (unpaired) electrons. The van der Waals surface area contributed by atoms with Gasteiger partial charge in [0.15, 0.2) is 5.65 Å². The van der Waals surface area contributed by atoms with Gasteiger partial charge in [0.2, 0.25) is 0 Å². The van der Waals surface area contributed by atoms with Gasteiger partial charge in [-0.2, -0.15) is 0 Å². The summed E-state index contributed by atoms with van der Waals surface area (Å²) in [4.78, 5) is 11.8. The van der Waals surface area contributed by atoms with Crippen molar-refractivity contribution in [3.8, 4) is 0 Å². The van der Waals surface area contributed by atoms with Crippen LogP contribution in [0.1, 0.15) is 27.7 Å². The molecule has 0 unspecified atom stereocenters. The lowest BCUT2D eigenvalue weighted by Crippen LogP contribution is -2.41. The molecule has 1 N–H and O–H groups in total. The Bertz CT molecular complexity index is 578. The van der Waals surface area contributed by atoms with Crippen molar-refractivity contribution in [1.29, 1.82) is 0 Å². The number of fused-ring (bicyclic) bond motifs is 1. The van der Waals surface area contributed by atoms with Gasteiger partial charge in [-0.3, -0.25) is 4.98 Å². The Morgan fingerprint density at radius 3 is 2.50 bits per heavy atom. The number of rotatable bonds is 1. The van der Waals surface area contributed by atoms with Crippen molar-refractivity contribution >= 4 is 23.9 Å². The van der Waals surface area contributed by atoms with Gasteiger partial charge in [-0.15, -0.1) is 0 Å². The van der Waals surface area contributed by atoms with Gasteiger partial charge in [-0.1, -0.05) is 0 Å². The third-order valence-electron chi connectivity index (χ3n) is 3.77. The molecule has 1 fully saturated rings. The van der Waals surface area contributed by atoms with Crippen LogP contribution in [0.2, 0.25) is 0 Å². The Balaban J connectivity index is 1.96. The smallest absolute Gasteiger partial charge is 0.398 e. The maximum atomic E-state index is 5.94. The standard InChI is InChI=1S/C12H16BN3O2/c1-11(2)12(3,4)18-13(17-11)9-7-15-10-8(16-9)5-6-14-10/h5-7H,1-4H3,(H,14,15).